The van der Waals surface area contributed by atoms with Crippen molar-refractivity contribution >= 4 is 11.8 Å². The Balaban J connectivity index is 2.59. The van der Waals surface area contributed by atoms with E-state index in [0.29, 0.717) is 19.6 Å². The summed E-state index contributed by atoms with van der Waals surface area (Å²) in [4.78, 5) is 24.6. The summed E-state index contributed by atoms with van der Waals surface area (Å²) >= 11 is 0. The highest BCUT2D eigenvalue weighted by atomic mass is 16.5. The molecule has 0 heterocycles. The minimum absolute atomic E-state index is 0.0458. The summed E-state index contributed by atoms with van der Waals surface area (Å²) in [6.45, 7) is 20.8. The largest absolute Gasteiger partial charge is 0.494 e. The summed E-state index contributed by atoms with van der Waals surface area (Å²) in [5, 5.41) is 5.90. The Hall–Kier alpha value is -2.04. The SMILES string of the molecule is CCCC(=O)NC(C(=O)NCCCCOc1ccc(C(C)(C)CC)c(C(C)(C)C)c1)C(C)CC. The molecule has 2 atom stereocenters. The molecule has 0 aromatic heterocycles. The molecule has 1 rings (SSSR count). The maximum atomic E-state index is 12.6. The average Bonchev–Trinajstić information content (AvgIpc) is 2.78. The average molecular weight is 475 g/mol. The molecule has 2 amide bonds. The van der Waals surface area contributed by atoms with Crippen LogP contribution in [0.4, 0.5) is 0 Å². The number of nitrogens with one attached hydrogen (secondary N) is 2. The Labute approximate surface area is 208 Å². The van der Waals surface area contributed by atoms with Gasteiger partial charge in [0.15, 0.2) is 0 Å². The van der Waals surface area contributed by atoms with Crippen molar-refractivity contribution < 1.29 is 14.3 Å². The lowest BCUT2D eigenvalue weighted by Crippen LogP contribution is -2.50. The van der Waals surface area contributed by atoms with Crippen LogP contribution >= 0.6 is 0 Å². The first-order chi connectivity index (χ1) is 15.9. The predicted octanol–water partition coefficient (Wildman–Crippen LogP) is 6.28. The summed E-state index contributed by atoms with van der Waals surface area (Å²) in [7, 11) is 0. The number of ether oxygens (including phenoxy) is 1. The third-order valence-corrected chi connectivity index (χ3v) is 6.84. The van der Waals surface area contributed by atoms with Gasteiger partial charge >= 0.3 is 0 Å². The molecule has 2 unspecified atom stereocenters. The molecule has 0 aliphatic rings. The number of carbonyl (C=O) groups is 2. The standard InChI is InChI=1S/C29H50N2O3/c1-10-15-25(32)31-26(21(4)11-2)27(33)30-18-13-14-19-34-22-16-17-23(29(8,9)12-3)24(20-22)28(5,6)7/h16-17,20-21,26H,10-15,18-19H2,1-9H3,(H,30,33)(H,31,32). The van der Waals surface area contributed by atoms with Crippen LogP contribution in [0.1, 0.15) is 112 Å². The van der Waals surface area contributed by atoms with Crippen LogP contribution in [-0.2, 0) is 20.4 Å². The van der Waals surface area contributed by atoms with Gasteiger partial charge in [-0.15, -0.1) is 0 Å². The first kappa shape index (κ1) is 30.0. The molecule has 2 N–H and O–H groups in total. The Morgan fingerprint density at radius 1 is 1.00 bits per heavy atom. The molecule has 194 valence electrons. The Bertz CT molecular complexity index is 780. The fourth-order valence-corrected chi connectivity index (χ4v) is 3.93. The number of hydrogen-bond acceptors (Lipinski definition) is 3. The van der Waals surface area contributed by atoms with E-state index < -0.39 is 6.04 Å². The molecular formula is C29H50N2O3. The smallest absolute Gasteiger partial charge is 0.242 e. The summed E-state index contributed by atoms with van der Waals surface area (Å²) in [6.07, 6.45) is 4.83. The topological polar surface area (TPSA) is 67.4 Å². The van der Waals surface area contributed by atoms with Gasteiger partial charge in [0, 0.05) is 13.0 Å². The number of benzene rings is 1. The van der Waals surface area contributed by atoms with Crippen molar-refractivity contribution in [3.05, 3.63) is 29.3 Å². The zero-order chi connectivity index (χ0) is 25.9. The number of carbonyl (C=O) groups excluding carboxylic acids is 2. The van der Waals surface area contributed by atoms with Crippen LogP contribution < -0.4 is 15.4 Å². The van der Waals surface area contributed by atoms with Crippen LogP contribution in [0.15, 0.2) is 18.2 Å². The minimum atomic E-state index is -0.470. The van der Waals surface area contributed by atoms with E-state index in [4.69, 9.17) is 4.74 Å². The molecule has 5 nitrogen and oxygen atoms in total. The lowest BCUT2D eigenvalue weighted by atomic mass is 9.73. The molecule has 1 aromatic rings. The molecule has 0 bridgehead atoms. The first-order valence-electron chi connectivity index (χ1n) is 13.2. The van der Waals surface area contributed by atoms with Gasteiger partial charge in [0.05, 0.1) is 6.61 Å². The van der Waals surface area contributed by atoms with Crippen LogP contribution in [0, 0.1) is 5.92 Å². The van der Waals surface area contributed by atoms with E-state index in [1.165, 1.54) is 11.1 Å². The third-order valence-electron chi connectivity index (χ3n) is 6.84. The maximum absolute atomic E-state index is 12.6. The van der Waals surface area contributed by atoms with Crippen molar-refractivity contribution in [2.24, 2.45) is 5.92 Å². The fourth-order valence-electron chi connectivity index (χ4n) is 3.93. The van der Waals surface area contributed by atoms with Gasteiger partial charge in [-0.3, -0.25) is 9.59 Å². The minimum Gasteiger partial charge on any atom is -0.494 e. The molecule has 5 heteroatoms. The van der Waals surface area contributed by atoms with Crippen LogP contribution in [-0.4, -0.2) is 31.0 Å². The van der Waals surface area contributed by atoms with Crippen LogP contribution in [0.5, 0.6) is 5.75 Å². The number of unbranched alkanes of at least 4 members (excludes halogenated alkanes) is 1. The predicted molar refractivity (Wildman–Crippen MR) is 142 cm³/mol. The highest BCUT2D eigenvalue weighted by molar-refractivity contribution is 5.87. The van der Waals surface area contributed by atoms with Gasteiger partial charge in [0.25, 0.3) is 0 Å². The van der Waals surface area contributed by atoms with Gasteiger partial charge in [0.2, 0.25) is 11.8 Å². The van der Waals surface area contributed by atoms with Gasteiger partial charge in [-0.05, 0) is 65.7 Å². The summed E-state index contributed by atoms with van der Waals surface area (Å²) in [5.41, 5.74) is 2.90. The van der Waals surface area contributed by atoms with E-state index >= 15 is 0 Å². The van der Waals surface area contributed by atoms with Gasteiger partial charge in [0.1, 0.15) is 11.8 Å². The van der Waals surface area contributed by atoms with Crippen molar-refractivity contribution in [2.45, 2.75) is 118 Å². The van der Waals surface area contributed by atoms with Crippen molar-refractivity contribution in [2.75, 3.05) is 13.2 Å². The van der Waals surface area contributed by atoms with Gasteiger partial charge < -0.3 is 15.4 Å². The van der Waals surface area contributed by atoms with Crippen molar-refractivity contribution in [3.8, 4) is 5.75 Å². The lowest BCUT2D eigenvalue weighted by molar-refractivity contribution is -0.130. The van der Waals surface area contributed by atoms with Crippen molar-refractivity contribution in [1.82, 2.24) is 10.6 Å². The summed E-state index contributed by atoms with van der Waals surface area (Å²) in [6, 6.07) is 6.03. The molecule has 34 heavy (non-hydrogen) atoms. The fraction of sp³-hybridized carbons (Fsp3) is 0.724. The van der Waals surface area contributed by atoms with E-state index in [1.54, 1.807) is 0 Å². The quantitative estimate of drug-likeness (QED) is 0.312. The van der Waals surface area contributed by atoms with E-state index in [9.17, 15) is 9.59 Å². The van der Waals surface area contributed by atoms with E-state index in [0.717, 1.165) is 37.9 Å². The van der Waals surface area contributed by atoms with Crippen LogP contribution in [0.25, 0.3) is 0 Å². The molecule has 0 aliphatic carbocycles. The summed E-state index contributed by atoms with van der Waals surface area (Å²) < 4.78 is 6.06. The first-order valence-corrected chi connectivity index (χ1v) is 13.2. The Morgan fingerprint density at radius 2 is 1.68 bits per heavy atom. The third kappa shape index (κ3) is 9.31. The number of rotatable bonds is 14. The molecule has 0 saturated heterocycles. The van der Waals surface area contributed by atoms with Gasteiger partial charge in [-0.1, -0.05) is 74.8 Å². The molecule has 0 fully saturated rings. The molecule has 1 aromatic carbocycles. The zero-order valence-corrected chi connectivity index (χ0v) is 23.3. The molecule has 0 aliphatic heterocycles. The van der Waals surface area contributed by atoms with Crippen molar-refractivity contribution in [3.63, 3.8) is 0 Å². The zero-order valence-electron chi connectivity index (χ0n) is 23.3. The van der Waals surface area contributed by atoms with Gasteiger partial charge in [-0.25, -0.2) is 0 Å². The Kier molecular flexibility index (Phi) is 12.1. The second-order valence-electron chi connectivity index (χ2n) is 11.2. The second kappa shape index (κ2) is 13.7. The van der Waals surface area contributed by atoms with E-state index in [-0.39, 0.29) is 28.6 Å². The number of hydrogen-bond donors (Lipinski definition) is 2. The van der Waals surface area contributed by atoms with Gasteiger partial charge in [-0.2, -0.15) is 0 Å². The monoisotopic (exact) mass is 474 g/mol. The van der Waals surface area contributed by atoms with Crippen LogP contribution in [0.2, 0.25) is 0 Å². The molecule has 0 spiro atoms. The maximum Gasteiger partial charge on any atom is 0.242 e. The lowest BCUT2D eigenvalue weighted by Gasteiger charge is -2.32. The van der Waals surface area contributed by atoms with Crippen molar-refractivity contribution in [1.29, 1.82) is 0 Å². The van der Waals surface area contributed by atoms with Crippen LogP contribution in [0.3, 0.4) is 0 Å². The Morgan fingerprint density at radius 3 is 2.24 bits per heavy atom. The highest BCUT2D eigenvalue weighted by Crippen LogP contribution is 2.37. The second-order valence-corrected chi connectivity index (χ2v) is 11.2. The summed E-state index contributed by atoms with van der Waals surface area (Å²) in [5.74, 6) is 0.852. The number of amides is 2. The van der Waals surface area contributed by atoms with E-state index in [1.807, 2.05) is 20.8 Å². The highest BCUT2D eigenvalue weighted by Gasteiger charge is 2.28. The molecule has 0 saturated carbocycles. The van der Waals surface area contributed by atoms with E-state index in [2.05, 4.69) is 70.4 Å². The molecule has 0 radical (unpaired) electrons. The molecular weight excluding hydrogens is 424 g/mol. The normalized spacial score (nSPS) is 13.8.